The highest BCUT2D eigenvalue weighted by atomic mass is 35.5. The van der Waals surface area contributed by atoms with E-state index in [0.717, 1.165) is 30.8 Å². The Kier molecular flexibility index (Phi) is 5.49. The predicted octanol–water partition coefficient (Wildman–Crippen LogP) is 5.06. The quantitative estimate of drug-likeness (QED) is 0.382. The molecule has 9 heteroatoms. The third-order valence-electron chi connectivity index (χ3n) is 8.24. The second kappa shape index (κ2) is 8.44. The molecule has 1 aliphatic carbocycles. The maximum Gasteiger partial charge on any atom is 0.332 e. The predicted molar refractivity (Wildman–Crippen MR) is 146 cm³/mol. The molecular formula is C29H28ClFN4O3. The fourth-order valence-electron chi connectivity index (χ4n) is 5.69. The highest BCUT2D eigenvalue weighted by Crippen LogP contribution is 2.59. The number of aromatic hydroxyl groups is 1. The first kappa shape index (κ1) is 24.7. The Morgan fingerprint density at radius 2 is 1.74 bits per heavy atom. The number of hydrogen-bond acceptors (Lipinski definition) is 5. The van der Waals surface area contributed by atoms with Gasteiger partial charge in [-0.1, -0.05) is 17.7 Å². The Bertz CT molecular complexity index is 1650. The van der Waals surface area contributed by atoms with Crippen LogP contribution >= 0.6 is 11.6 Å². The smallest absolute Gasteiger partial charge is 0.332 e. The molecule has 2 aromatic heterocycles. The van der Waals surface area contributed by atoms with Gasteiger partial charge in [0.2, 0.25) is 0 Å². The molecule has 196 valence electrons. The molecule has 2 aromatic carbocycles. The van der Waals surface area contributed by atoms with Crippen LogP contribution in [0.2, 0.25) is 5.02 Å². The molecule has 0 bridgehead atoms. The van der Waals surface area contributed by atoms with Crippen LogP contribution in [-0.4, -0.2) is 43.0 Å². The first-order chi connectivity index (χ1) is 18.0. The molecule has 0 unspecified atom stereocenters. The molecule has 1 spiro atoms. The van der Waals surface area contributed by atoms with E-state index in [1.807, 2.05) is 19.9 Å². The summed E-state index contributed by atoms with van der Waals surface area (Å²) in [5.41, 5.74) is 2.70. The summed E-state index contributed by atoms with van der Waals surface area (Å²) in [4.78, 5) is 19.0. The fourth-order valence-corrected chi connectivity index (χ4v) is 5.97. The third-order valence-corrected chi connectivity index (χ3v) is 8.54. The van der Waals surface area contributed by atoms with Gasteiger partial charge in [-0.3, -0.25) is 9.55 Å². The molecule has 1 aliphatic heterocycles. The van der Waals surface area contributed by atoms with Crippen molar-refractivity contribution in [2.75, 3.05) is 18.0 Å². The summed E-state index contributed by atoms with van der Waals surface area (Å²) in [6, 6.07) is 9.42. The van der Waals surface area contributed by atoms with Crippen molar-refractivity contribution < 1.29 is 14.6 Å². The molecule has 4 aromatic rings. The summed E-state index contributed by atoms with van der Waals surface area (Å²) in [5, 5.41) is 22.6. The van der Waals surface area contributed by atoms with Gasteiger partial charge < -0.3 is 19.7 Å². The van der Waals surface area contributed by atoms with Crippen molar-refractivity contribution in [3.05, 3.63) is 82.0 Å². The van der Waals surface area contributed by atoms with Crippen molar-refractivity contribution >= 4 is 17.3 Å². The second-order valence-electron chi connectivity index (χ2n) is 10.8. The number of aromatic nitrogens is 3. The number of imidazole rings is 1. The van der Waals surface area contributed by atoms with E-state index < -0.39 is 11.4 Å². The summed E-state index contributed by atoms with van der Waals surface area (Å²) < 4.78 is 17.8. The van der Waals surface area contributed by atoms with Crippen LogP contribution in [0.25, 0.3) is 27.9 Å². The van der Waals surface area contributed by atoms with Gasteiger partial charge in [0.25, 0.3) is 0 Å². The van der Waals surface area contributed by atoms with Gasteiger partial charge in [0.1, 0.15) is 11.6 Å². The topological polar surface area (TPSA) is 83.5 Å². The maximum absolute atomic E-state index is 14.9. The number of anilines is 1. The van der Waals surface area contributed by atoms with Gasteiger partial charge in [0.15, 0.2) is 0 Å². The van der Waals surface area contributed by atoms with Crippen molar-refractivity contribution in [3.8, 4) is 33.7 Å². The van der Waals surface area contributed by atoms with E-state index in [9.17, 15) is 19.4 Å². The monoisotopic (exact) mass is 534 g/mol. The SMILES string of the molecule is Cc1ncc(-c2cc(F)cc(-c3ccc(-n4ccn(C)c4=O)c(Cl)c3)c2O)cc1N1CC2(CC2)[C@@](C)(O)C1. The largest absolute Gasteiger partial charge is 0.507 e. The molecule has 2 fully saturated rings. The number of aliphatic hydroxyl groups is 1. The van der Waals surface area contributed by atoms with Gasteiger partial charge in [-0.05, 0) is 62.6 Å². The Labute approximate surface area is 224 Å². The van der Waals surface area contributed by atoms with Gasteiger partial charge >= 0.3 is 5.69 Å². The highest BCUT2D eigenvalue weighted by molar-refractivity contribution is 6.32. The lowest BCUT2D eigenvalue weighted by Gasteiger charge is -2.24. The van der Waals surface area contributed by atoms with Crippen LogP contribution in [0.5, 0.6) is 5.75 Å². The summed E-state index contributed by atoms with van der Waals surface area (Å²) in [6.07, 6.45) is 6.87. The van der Waals surface area contributed by atoms with Crippen LogP contribution in [0.1, 0.15) is 25.5 Å². The first-order valence-electron chi connectivity index (χ1n) is 12.5. The number of β-amino-alcohol motifs (C(OH)–C–C–N with tert-alkyl or cyclic N) is 1. The van der Waals surface area contributed by atoms with Crippen LogP contribution < -0.4 is 10.6 Å². The minimum absolute atomic E-state index is 0.0834. The van der Waals surface area contributed by atoms with E-state index in [2.05, 4.69) is 9.88 Å². The van der Waals surface area contributed by atoms with Crippen LogP contribution in [0.15, 0.2) is 59.8 Å². The first-order valence-corrected chi connectivity index (χ1v) is 12.9. The number of phenolic OH excluding ortho intramolecular Hbond substituents is 1. The molecule has 1 saturated carbocycles. The van der Waals surface area contributed by atoms with Crippen LogP contribution in [-0.2, 0) is 7.05 Å². The number of benzene rings is 2. The number of rotatable bonds is 4. The molecule has 3 heterocycles. The van der Waals surface area contributed by atoms with E-state index >= 15 is 0 Å². The molecule has 1 saturated heterocycles. The van der Waals surface area contributed by atoms with Crippen molar-refractivity contribution in [1.29, 1.82) is 0 Å². The molecule has 2 N–H and O–H groups in total. The maximum atomic E-state index is 14.9. The summed E-state index contributed by atoms with van der Waals surface area (Å²) in [5.74, 6) is -0.619. The second-order valence-corrected chi connectivity index (χ2v) is 11.2. The summed E-state index contributed by atoms with van der Waals surface area (Å²) in [6.45, 7) is 5.03. The Morgan fingerprint density at radius 3 is 2.34 bits per heavy atom. The molecule has 0 radical (unpaired) electrons. The van der Waals surface area contributed by atoms with Gasteiger partial charge in [-0.15, -0.1) is 0 Å². The molecule has 0 amide bonds. The number of pyridine rings is 1. The standard InChI is InChI=1S/C29H28ClFN4O3/c1-17-25(34-15-28(2,38)29(16-34)6-7-29)11-19(14-32-17)22-13-20(31)12-21(26(22)36)18-4-5-24(23(30)10-18)35-9-8-33(3)27(35)37/h4-5,8-14,36,38H,6-7,15-16H2,1-3H3/t28-/m0/s1. The zero-order chi connectivity index (χ0) is 27.0. The molecule has 38 heavy (non-hydrogen) atoms. The lowest BCUT2D eigenvalue weighted by molar-refractivity contribution is 0.0244. The van der Waals surface area contributed by atoms with E-state index in [4.69, 9.17) is 11.6 Å². The lowest BCUT2D eigenvalue weighted by Crippen LogP contribution is -2.35. The van der Waals surface area contributed by atoms with Crippen LogP contribution in [0.3, 0.4) is 0 Å². The number of phenols is 1. The Balaban J connectivity index is 1.39. The van der Waals surface area contributed by atoms with E-state index in [1.54, 1.807) is 43.8 Å². The number of nitrogens with zero attached hydrogens (tertiary/aromatic N) is 4. The van der Waals surface area contributed by atoms with Crippen LogP contribution in [0, 0.1) is 18.2 Å². The Hall–Kier alpha value is -3.62. The van der Waals surface area contributed by atoms with E-state index in [0.29, 0.717) is 28.9 Å². The van der Waals surface area contributed by atoms with E-state index in [-0.39, 0.29) is 27.4 Å². The van der Waals surface area contributed by atoms with Crippen molar-refractivity contribution in [1.82, 2.24) is 14.1 Å². The van der Waals surface area contributed by atoms with Gasteiger partial charge in [0, 0.05) is 60.8 Å². The zero-order valence-electron chi connectivity index (χ0n) is 21.4. The Morgan fingerprint density at radius 1 is 1.03 bits per heavy atom. The van der Waals surface area contributed by atoms with Crippen molar-refractivity contribution in [3.63, 3.8) is 0 Å². The van der Waals surface area contributed by atoms with Gasteiger partial charge in [-0.2, -0.15) is 0 Å². The number of halogens is 2. The highest BCUT2D eigenvalue weighted by Gasteiger charge is 2.61. The van der Waals surface area contributed by atoms with Gasteiger partial charge in [0.05, 0.1) is 27.7 Å². The molecular weight excluding hydrogens is 507 g/mol. The van der Waals surface area contributed by atoms with Crippen LogP contribution in [0.4, 0.5) is 10.1 Å². The third kappa shape index (κ3) is 3.82. The molecule has 2 aliphatic rings. The van der Waals surface area contributed by atoms with Crippen molar-refractivity contribution in [2.45, 2.75) is 32.3 Å². The molecule has 7 nitrogen and oxygen atoms in total. The molecule has 1 atom stereocenters. The summed E-state index contributed by atoms with van der Waals surface area (Å²) >= 11 is 6.53. The minimum atomic E-state index is -0.778. The minimum Gasteiger partial charge on any atom is -0.507 e. The lowest BCUT2D eigenvalue weighted by atomic mass is 9.90. The zero-order valence-corrected chi connectivity index (χ0v) is 22.1. The number of aryl methyl sites for hydroxylation is 2. The van der Waals surface area contributed by atoms with E-state index in [1.165, 1.54) is 21.3 Å². The fraction of sp³-hybridized carbons (Fsp3) is 0.310. The summed E-state index contributed by atoms with van der Waals surface area (Å²) in [7, 11) is 1.65. The van der Waals surface area contributed by atoms with Crippen molar-refractivity contribution in [2.24, 2.45) is 12.5 Å². The molecule has 6 rings (SSSR count). The average Bonchev–Trinajstić information content (AvgIpc) is 3.53. The average molecular weight is 535 g/mol. The number of hydrogen-bond donors (Lipinski definition) is 2. The van der Waals surface area contributed by atoms with Gasteiger partial charge in [-0.25, -0.2) is 9.18 Å². The normalized spacial score (nSPS) is 19.9.